The first-order valence-corrected chi connectivity index (χ1v) is 41.5. The normalized spacial score (nSPS) is 13.3. The molecule has 0 aliphatic rings. The molecule has 21 nitrogen and oxygen atoms in total. The van der Waals surface area contributed by atoms with Crippen LogP contribution in [-0.4, -0.2) is 110 Å². The topological polar surface area (TPSA) is 295 Å². The number of rotatable bonds is 64. The molecule has 0 bridgehead atoms. The molecule has 0 radical (unpaired) electrons. The zero-order valence-electron chi connectivity index (χ0n) is 64.8. The van der Waals surface area contributed by atoms with E-state index in [2.05, 4.69) is 27.7 Å². The molecule has 103 heavy (non-hydrogen) atoms. The maximum atomic E-state index is 12.8. The number of ether oxygens (including phenoxy) is 6. The fourth-order valence-corrected chi connectivity index (χ4v) is 12.2. The van der Waals surface area contributed by atoms with E-state index in [-0.39, 0.29) is 96.7 Å². The van der Waals surface area contributed by atoms with Gasteiger partial charge in [0.15, 0.2) is 23.6 Å². The third kappa shape index (κ3) is 59.3. The van der Waals surface area contributed by atoms with Crippen LogP contribution in [0.4, 0.5) is 0 Å². The number of unbranched alkanes of at least 4 members (excludes halogenated alkanes) is 32. The minimum absolute atomic E-state index is 0. The molecule has 0 aliphatic carbocycles. The van der Waals surface area contributed by atoms with Crippen molar-refractivity contribution in [3.8, 4) is 5.75 Å². The number of hydrogen-bond donors (Lipinski definition) is 1. The summed E-state index contributed by atoms with van der Waals surface area (Å²) in [7, 11) is -10.4. The Bertz CT molecular complexity index is 2480. The summed E-state index contributed by atoms with van der Waals surface area (Å²) >= 11 is 5.84. The number of carbonyl (C=O) groups excluding carboxylic acids is 6. The molecule has 26 heteroatoms. The van der Waals surface area contributed by atoms with E-state index in [4.69, 9.17) is 58.1 Å². The molecule has 0 heterocycles. The maximum absolute atomic E-state index is 12.8. The molecular weight excluding hydrogens is 1400 g/mol. The third-order valence-corrected chi connectivity index (χ3v) is 18.6. The minimum atomic E-state index is -5.20. The Morgan fingerprint density at radius 3 is 0.981 bits per heavy atom. The second kappa shape index (κ2) is 65.6. The molecule has 0 amide bonds. The number of benzene rings is 2. The number of hydrogen-bond acceptors (Lipinski definition) is 21. The van der Waals surface area contributed by atoms with Crippen LogP contribution in [0.25, 0.3) is 0 Å². The molecule has 0 spiro atoms. The van der Waals surface area contributed by atoms with Gasteiger partial charge in [0.25, 0.3) is 15.6 Å². The molecule has 0 saturated carbocycles. The maximum Gasteiger partial charge on any atom is 1.00 e. The van der Waals surface area contributed by atoms with E-state index in [9.17, 15) is 52.8 Å². The van der Waals surface area contributed by atoms with Crippen molar-refractivity contribution in [1.29, 1.82) is 0 Å². The number of esters is 5. The fraction of sp³-hybridized carbons (Fsp3) is 0.766. The Labute approximate surface area is 668 Å². The first-order chi connectivity index (χ1) is 48.3. The molecule has 2 rings (SSSR count). The number of aliphatic hydroxyl groups excluding tert-OH is 1. The predicted octanol–water partition coefficient (Wildman–Crippen LogP) is 12.6. The summed E-state index contributed by atoms with van der Waals surface area (Å²) in [5.41, 5.74) is -0.0393. The smallest absolute Gasteiger partial charge is 0.756 e. The van der Waals surface area contributed by atoms with Crippen molar-refractivity contribution in [2.75, 3.05) is 39.6 Å². The van der Waals surface area contributed by atoms with E-state index >= 15 is 0 Å². The van der Waals surface area contributed by atoms with Gasteiger partial charge in [0.2, 0.25) is 0 Å². The Morgan fingerprint density at radius 1 is 0.408 bits per heavy atom. The molecule has 4 unspecified atom stereocenters. The van der Waals surface area contributed by atoms with Gasteiger partial charge in [-0.15, -0.1) is 0 Å². The molecule has 582 valence electrons. The van der Waals surface area contributed by atoms with Crippen LogP contribution >= 0.6 is 27.2 Å². The number of carbonyl (C=O) groups is 6. The number of phosphoric ester groups is 2. The van der Waals surface area contributed by atoms with Crippen LogP contribution in [0, 0.1) is 0 Å². The van der Waals surface area contributed by atoms with Gasteiger partial charge < -0.3 is 61.4 Å². The summed E-state index contributed by atoms with van der Waals surface area (Å²) in [5, 5.41) is 11.0. The van der Waals surface area contributed by atoms with Gasteiger partial charge in [-0.1, -0.05) is 245 Å². The Kier molecular flexibility index (Phi) is 65.5. The molecule has 0 aromatic heterocycles. The average Bonchev–Trinajstić information content (AvgIpc) is 0.836. The van der Waals surface area contributed by atoms with Gasteiger partial charge in [-0.2, -0.15) is 0 Å². The molecule has 4 atom stereocenters. The molecule has 2 aromatic rings. The summed E-state index contributed by atoms with van der Waals surface area (Å²) in [6.07, 6.45) is 34.0. The van der Waals surface area contributed by atoms with E-state index in [1.807, 2.05) is 0 Å². The van der Waals surface area contributed by atoms with E-state index in [1.165, 1.54) is 103 Å². The second-order valence-electron chi connectivity index (χ2n) is 27.1. The van der Waals surface area contributed by atoms with Crippen molar-refractivity contribution in [3.63, 3.8) is 0 Å². The van der Waals surface area contributed by atoms with Crippen molar-refractivity contribution in [1.82, 2.24) is 0 Å². The molecule has 0 aliphatic heterocycles. The zero-order chi connectivity index (χ0) is 74.8. The zero-order valence-corrected chi connectivity index (χ0v) is 71.4. The van der Waals surface area contributed by atoms with Crippen molar-refractivity contribution < 1.29 is 158 Å². The molecule has 0 fully saturated rings. The van der Waals surface area contributed by atoms with Crippen LogP contribution in [-0.2, 0) is 74.9 Å². The predicted molar refractivity (Wildman–Crippen MR) is 391 cm³/mol. The minimum Gasteiger partial charge on any atom is -0.756 e. The van der Waals surface area contributed by atoms with Crippen molar-refractivity contribution in [2.24, 2.45) is 0 Å². The summed E-state index contributed by atoms with van der Waals surface area (Å²) in [5.74, 6) is -2.31. The first-order valence-electron chi connectivity index (χ1n) is 38.2. The number of halogens is 1. The second-order valence-corrected chi connectivity index (χ2v) is 30.3. The van der Waals surface area contributed by atoms with Gasteiger partial charge in [0.1, 0.15) is 25.1 Å². The van der Waals surface area contributed by atoms with Crippen LogP contribution in [0.15, 0.2) is 48.5 Å². The standard InChI is InChI=1S/C57H110O17P2.C20H21ClO4.2Na/c1-5-9-13-17-21-25-29-33-37-41-54(59)67-47-52(73-56(61)43-39-35-31-27-23-19-15-11-7-3)49-71-75(63,64)69-45-51(58)46-70-76(65,66)72-50-53(74-57(62)44-40-36-32-28-24-20-16-12-8-4)48-68-55(60)42-38-34-30-26-22-18-14-10-6-2;1-13(2)24-19(23)20(3,4)25-17-11-7-15(8-12-17)18(22)14-5-9-16(21)10-6-14;;/h51-53,58H,5-50H2,1-4H3,(H,63,64)(H,65,66);5-13H,1-4H3;;/q;;2*+1/p-2. The summed E-state index contributed by atoms with van der Waals surface area (Å²) in [6.45, 7) is 11.2. The Morgan fingerprint density at radius 2 is 0.680 bits per heavy atom. The number of phosphoric acid groups is 2. The SMILES string of the molecule is CC(C)OC(=O)C(C)(C)Oc1ccc(C(=O)c2ccc(Cl)cc2)cc1.CCCCCCCCCCCC(=O)OCC(COP(=O)([O-])OCC(O)COP(=O)([O-])OCC(COC(=O)CCCCCCCCCCC)OC(=O)CCCCCCCCCCC)OC(=O)CCCCCCCCCCC.[Na+].[Na+]. The van der Waals surface area contributed by atoms with Crippen LogP contribution in [0.5, 0.6) is 5.75 Å². The van der Waals surface area contributed by atoms with Gasteiger partial charge in [-0.3, -0.25) is 33.1 Å². The van der Waals surface area contributed by atoms with E-state index in [1.54, 1.807) is 76.2 Å². The molecule has 0 saturated heterocycles. The largest absolute Gasteiger partial charge is 1.00 e. The van der Waals surface area contributed by atoms with E-state index < -0.39 is 109 Å². The van der Waals surface area contributed by atoms with Crippen LogP contribution in [0.3, 0.4) is 0 Å². The van der Waals surface area contributed by atoms with Gasteiger partial charge in [-0.25, -0.2) is 4.79 Å². The molecule has 1 N–H and O–H groups in total. The molecular formula is C77H129ClNa2O21P2. The van der Waals surface area contributed by atoms with Gasteiger partial charge in [0.05, 0.1) is 32.5 Å². The van der Waals surface area contributed by atoms with Crippen molar-refractivity contribution in [3.05, 3.63) is 64.7 Å². The van der Waals surface area contributed by atoms with Crippen LogP contribution in [0.2, 0.25) is 5.02 Å². The summed E-state index contributed by atoms with van der Waals surface area (Å²) < 4.78 is 77.6. The fourth-order valence-electron chi connectivity index (χ4n) is 10.5. The summed E-state index contributed by atoms with van der Waals surface area (Å²) in [4.78, 5) is 101. The summed E-state index contributed by atoms with van der Waals surface area (Å²) in [6, 6.07) is 13.4. The number of ketones is 1. The van der Waals surface area contributed by atoms with Crippen molar-refractivity contribution >= 4 is 62.9 Å². The first kappa shape index (κ1) is 103. The van der Waals surface area contributed by atoms with Crippen LogP contribution < -0.4 is 73.6 Å². The Hall–Kier alpha value is -2.27. The van der Waals surface area contributed by atoms with Gasteiger partial charge in [0, 0.05) is 41.8 Å². The van der Waals surface area contributed by atoms with Gasteiger partial charge >= 0.3 is 89.0 Å². The molecule has 2 aromatic carbocycles. The van der Waals surface area contributed by atoms with Crippen molar-refractivity contribution in [2.45, 2.75) is 342 Å². The average molecular weight is 1530 g/mol. The number of aliphatic hydroxyl groups is 1. The van der Waals surface area contributed by atoms with E-state index in [0.717, 1.165) is 103 Å². The van der Waals surface area contributed by atoms with Gasteiger partial charge in [-0.05, 0) is 102 Å². The quantitative estimate of drug-likeness (QED) is 0.0161. The monoisotopic (exact) mass is 1530 g/mol. The third-order valence-electron chi connectivity index (χ3n) is 16.5. The van der Waals surface area contributed by atoms with Crippen LogP contribution in [0.1, 0.15) is 328 Å². The van der Waals surface area contributed by atoms with E-state index in [0.29, 0.717) is 47.6 Å². The Balaban J connectivity index is 0.